The van der Waals surface area contributed by atoms with Crippen molar-refractivity contribution in [1.29, 1.82) is 0 Å². The number of benzene rings is 2. The second kappa shape index (κ2) is 8.24. The summed E-state index contributed by atoms with van der Waals surface area (Å²) in [6, 6.07) is 11.1. The third-order valence-corrected chi connectivity index (χ3v) is 4.05. The first-order valence-corrected chi connectivity index (χ1v) is 7.98. The Kier molecular flexibility index (Phi) is 6.31. The standard InChI is InChI=1S/C16H13Cl3N2O3/c1-9(24-13-4-2-3-12(18)14(13)19)15(22)20-21-16(23)10-5-7-11(17)8-6-10/h2-9H,1H3,(H,20,22)(H,21,23). The molecule has 24 heavy (non-hydrogen) atoms. The molecule has 0 aliphatic heterocycles. The Balaban J connectivity index is 1.91. The van der Waals surface area contributed by atoms with E-state index in [0.717, 1.165) is 0 Å². The van der Waals surface area contributed by atoms with Crippen molar-refractivity contribution in [1.82, 2.24) is 10.9 Å². The highest BCUT2D eigenvalue weighted by atomic mass is 35.5. The minimum absolute atomic E-state index is 0.212. The van der Waals surface area contributed by atoms with Crippen molar-refractivity contribution in [3.8, 4) is 5.75 Å². The molecule has 126 valence electrons. The Hall–Kier alpha value is -1.95. The molecule has 0 bridgehead atoms. The molecule has 0 heterocycles. The fraction of sp³-hybridized carbons (Fsp3) is 0.125. The lowest BCUT2D eigenvalue weighted by Crippen LogP contribution is -2.47. The molecule has 0 fully saturated rings. The number of ether oxygens (including phenoxy) is 1. The van der Waals surface area contributed by atoms with Gasteiger partial charge in [0.15, 0.2) is 6.10 Å². The number of hydrazine groups is 1. The molecule has 0 saturated heterocycles. The number of carbonyl (C=O) groups is 2. The highest BCUT2D eigenvalue weighted by Crippen LogP contribution is 2.32. The first-order valence-electron chi connectivity index (χ1n) is 6.85. The molecule has 0 aliphatic rings. The highest BCUT2D eigenvalue weighted by Gasteiger charge is 2.18. The van der Waals surface area contributed by atoms with Gasteiger partial charge in [0.2, 0.25) is 0 Å². The number of hydrogen-bond donors (Lipinski definition) is 2. The second-order valence-electron chi connectivity index (χ2n) is 4.76. The molecule has 2 aromatic rings. The van der Waals surface area contributed by atoms with Gasteiger partial charge in [0.1, 0.15) is 10.8 Å². The van der Waals surface area contributed by atoms with Crippen LogP contribution in [0.4, 0.5) is 0 Å². The van der Waals surface area contributed by atoms with E-state index in [4.69, 9.17) is 39.5 Å². The number of rotatable bonds is 4. The van der Waals surface area contributed by atoms with Crippen molar-refractivity contribution in [3.63, 3.8) is 0 Å². The SMILES string of the molecule is CC(Oc1cccc(Cl)c1Cl)C(=O)NNC(=O)c1ccc(Cl)cc1. The molecule has 2 N–H and O–H groups in total. The van der Waals surface area contributed by atoms with Crippen molar-refractivity contribution in [2.45, 2.75) is 13.0 Å². The summed E-state index contributed by atoms with van der Waals surface area (Å²) in [5.74, 6) is -0.753. The lowest BCUT2D eigenvalue weighted by atomic mass is 10.2. The molecule has 2 amide bonds. The van der Waals surface area contributed by atoms with Crippen LogP contribution in [0, 0.1) is 0 Å². The summed E-state index contributed by atoms with van der Waals surface area (Å²) in [4.78, 5) is 23.9. The Bertz CT molecular complexity index is 751. The Morgan fingerprint density at radius 3 is 2.33 bits per heavy atom. The minimum Gasteiger partial charge on any atom is -0.479 e. The minimum atomic E-state index is -0.897. The normalized spacial score (nSPS) is 11.5. The Morgan fingerprint density at radius 2 is 1.67 bits per heavy atom. The zero-order valence-electron chi connectivity index (χ0n) is 12.5. The number of hydrogen-bond acceptors (Lipinski definition) is 3. The van der Waals surface area contributed by atoms with Gasteiger partial charge in [-0.15, -0.1) is 0 Å². The zero-order valence-corrected chi connectivity index (χ0v) is 14.7. The molecule has 8 heteroatoms. The van der Waals surface area contributed by atoms with Crippen LogP contribution in [0.1, 0.15) is 17.3 Å². The molecular formula is C16H13Cl3N2O3. The first-order chi connectivity index (χ1) is 11.4. The summed E-state index contributed by atoms with van der Waals surface area (Å²) < 4.78 is 5.44. The second-order valence-corrected chi connectivity index (χ2v) is 5.98. The molecule has 0 radical (unpaired) electrons. The molecule has 0 spiro atoms. The molecule has 2 rings (SSSR count). The summed E-state index contributed by atoms with van der Waals surface area (Å²) >= 11 is 17.6. The van der Waals surface area contributed by atoms with E-state index in [1.54, 1.807) is 30.3 Å². The summed E-state index contributed by atoms with van der Waals surface area (Å²) in [6.07, 6.45) is -0.897. The molecule has 1 unspecified atom stereocenters. The van der Waals surface area contributed by atoms with E-state index in [9.17, 15) is 9.59 Å². The summed E-state index contributed by atoms with van der Waals surface area (Å²) in [7, 11) is 0. The van der Waals surface area contributed by atoms with Crippen LogP contribution in [0.5, 0.6) is 5.75 Å². The molecular weight excluding hydrogens is 375 g/mol. The van der Waals surface area contributed by atoms with Gasteiger partial charge in [0.25, 0.3) is 11.8 Å². The van der Waals surface area contributed by atoms with Crippen LogP contribution >= 0.6 is 34.8 Å². The van der Waals surface area contributed by atoms with Crippen molar-refractivity contribution < 1.29 is 14.3 Å². The van der Waals surface area contributed by atoms with E-state index in [0.29, 0.717) is 15.6 Å². The third kappa shape index (κ3) is 4.77. The summed E-state index contributed by atoms with van der Waals surface area (Å²) in [6.45, 7) is 1.51. The van der Waals surface area contributed by atoms with E-state index in [-0.39, 0.29) is 10.8 Å². The van der Waals surface area contributed by atoms with Gasteiger partial charge < -0.3 is 4.74 Å². The van der Waals surface area contributed by atoms with Gasteiger partial charge in [-0.25, -0.2) is 0 Å². The number of amides is 2. The Labute approximate surface area is 153 Å². The van der Waals surface area contributed by atoms with Gasteiger partial charge in [-0.2, -0.15) is 0 Å². The maximum atomic E-state index is 12.0. The van der Waals surface area contributed by atoms with Gasteiger partial charge in [-0.1, -0.05) is 40.9 Å². The predicted octanol–water partition coefficient (Wildman–Crippen LogP) is 3.88. The predicted molar refractivity (Wildman–Crippen MR) is 93.6 cm³/mol. The van der Waals surface area contributed by atoms with Crippen LogP contribution in [0.15, 0.2) is 42.5 Å². The molecule has 2 aromatic carbocycles. The lowest BCUT2D eigenvalue weighted by Gasteiger charge is -2.16. The van der Waals surface area contributed by atoms with Gasteiger partial charge in [-0.3, -0.25) is 20.4 Å². The zero-order chi connectivity index (χ0) is 17.7. The van der Waals surface area contributed by atoms with Crippen LogP contribution in [0.2, 0.25) is 15.1 Å². The molecule has 0 saturated carbocycles. The van der Waals surface area contributed by atoms with Crippen LogP contribution < -0.4 is 15.6 Å². The van der Waals surface area contributed by atoms with Crippen LogP contribution in [-0.4, -0.2) is 17.9 Å². The van der Waals surface area contributed by atoms with Gasteiger partial charge >= 0.3 is 0 Å². The monoisotopic (exact) mass is 386 g/mol. The summed E-state index contributed by atoms with van der Waals surface area (Å²) in [5, 5.41) is 1.04. The van der Waals surface area contributed by atoms with Gasteiger partial charge in [0.05, 0.1) is 5.02 Å². The maximum Gasteiger partial charge on any atom is 0.279 e. The van der Waals surface area contributed by atoms with Gasteiger partial charge in [0, 0.05) is 10.6 Å². The van der Waals surface area contributed by atoms with E-state index >= 15 is 0 Å². The number of nitrogens with one attached hydrogen (secondary N) is 2. The fourth-order valence-corrected chi connectivity index (χ4v) is 2.17. The molecule has 1 atom stereocenters. The topological polar surface area (TPSA) is 67.4 Å². The molecule has 0 aliphatic carbocycles. The molecule has 0 aromatic heterocycles. The van der Waals surface area contributed by atoms with E-state index in [2.05, 4.69) is 10.9 Å². The number of carbonyl (C=O) groups excluding carboxylic acids is 2. The first kappa shape index (κ1) is 18.4. The summed E-state index contributed by atoms with van der Waals surface area (Å²) in [5.41, 5.74) is 4.92. The smallest absolute Gasteiger partial charge is 0.279 e. The van der Waals surface area contributed by atoms with E-state index in [1.165, 1.54) is 19.1 Å². The van der Waals surface area contributed by atoms with E-state index < -0.39 is 17.9 Å². The van der Waals surface area contributed by atoms with Crippen LogP contribution in [0.25, 0.3) is 0 Å². The lowest BCUT2D eigenvalue weighted by molar-refractivity contribution is -0.128. The fourth-order valence-electron chi connectivity index (χ4n) is 1.71. The van der Waals surface area contributed by atoms with Gasteiger partial charge in [-0.05, 0) is 43.3 Å². The van der Waals surface area contributed by atoms with Crippen molar-refractivity contribution >= 4 is 46.6 Å². The van der Waals surface area contributed by atoms with Crippen molar-refractivity contribution in [2.75, 3.05) is 0 Å². The quantitative estimate of drug-likeness (QED) is 0.783. The third-order valence-electron chi connectivity index (χ3n) is 2.99. The highest BCUT2D eigenvalue weighted by molar-refractivity contribution is 6.42. The molecule has 5 nitrogen and oxygen atoms in total. The number of halogens is 3. The maximum absolute atomic E-state index is 12.0. The Morgan fingerprint density at radius 1 is 1.00 bits per heavy atom. The van der Waals surface area contributed by atoms with Crippen LogP contribution in [0.3, 0.4) is 0 Å². The average molecular weight is 388 g/mol. The van der Waals surface area contributed by atoms with E-state index in [1.807, 2.05) is 0 Å². The van der Waals surface area contributed by atoms with Crippen molar-refractivity contribution in [2.24, 2.45) is 0 Å². The van der Waals surface area contributed by atoms with Crippen molar-refractivity contribution in [3.05, 3.63) is 63.1 Å². The average Bonchev–Trinajstić information content (AvgIpc) is 2.57. The van der Waals surface area contributed by atoms with Crippen LogP contribution in [-0.2, 0) is 4.79 Å². The largest absolute Gasteiger partial charge is 0.479 e.